The summed E-state index contributed by atoms with van der Waals surface area (Å²) in [6, 6.07) is 3.27. The Labute approximate surface area is 122 Å². The third-order valence-corrected chi connectivity index (χ3v) is 4.43. The molecule has 0 saturated heterocycles. The Bertz CT molecular complexity index is 585. The topological polar surface area (TPSA) is 47.6 Å². The first-order valence-electron chi connectivity index (χ1n) is 6.54. The standard InChI is InChI=1S/C15H16ClNO3/c1-19-11-7-6-10(16)12-8-4-3-5-9(8)13(15(18)20-2)17-14(11)12/h3-4,6-9,13,17H,5H2,1-2H3/t8-,9+,13-/m1/s1. The van der Waals surface area contributed by atoms with Gasteiger partial charge in [-0.15, -0.1) is 0 Å². The number of esters is 1. The number of rotatable bonds is 2. The van der Waals surface area contributed by atoms with Crippen molar-refractivity contribution in [3.8, 4) is 5.75 Å². The predicted octanol–water partition coefficient (Wildman–Crippen LogP) is 2.98. The SMILES string of the molecule is COC(=O)[C@@H]1Nc2c(OC)ccc(Cl)c2[C@@H]2C=CC[C@H]12. The van der Waals surface area contributed by atoms with Crippen molar-refractivity contribution in [2.45, 2.75) is 18.4 Å². The highest BCUT2D eigenvalue weighted by molar-refractivity contribution is 6.32. The van der Waals surface area contributed by atoms with E-state index in [1.807, 2.05) is 12.1 Å². The van der Waals surface area contributed by atoms with Crippen molar-refractivity contribution in [3.05, 3.63) is 34.9 Å². The molecular formula is C15H16ClNO3. The summed E-state index contributed by atoms with van der Waals surface area (Å²) < 4.78 is 10.3. The van der Waals surface area contributed by atoms with Crippen LogP contribution in [-0.2, 0) is 9.53 Å². The zero-order valence-electron chi connectivity index (χ0n) is 11.4. The molecule has 2 aliphatic rings. The first-order valence-corrected chi connectivity index (χ1v) is 6.92. The highest BCUT2D eigenvalue weighted by atomic mass is 35.5. The molecule has 1 N–H and O–H groups in total. The van der Waals surface area contributed by atoms with Crippen molar-refractivity contribution in [3.63, 3.8) is 0 Å². The number of allylic oxidation sites excluding steroid dienone is 2. The normalized spacial score (nSPS) is 26.4. The molecule has 0 spiro atoms. The van der Waals surface area contributed by atoms with E-state index in [1.165, 1.54) is 7.11 Å². The Kier molecular flexibility index (Phi) is 3.34. The van der Waals surface area contributed by atoms with E-state index in [-0.39, 0.29) is 23.8 Å². The molecule has 1 aliphatic heterocycles. The number of hydrogen-bond donors (Lipinski definition) is 1. The molecule has 0 aromatic heterocycles. The van der Waals surface area contributed by atoms with Crippen LogP contribution in [0.4, 0.5) is 5.69 Å². The van der Waals surface area contributed by atoms with E-state index < -0.39 is 0 Å². The van der Waals surface area contributed by atoms with Gasteiger partial charge in [-0.25, -0.2) is 4.79 Å². The smallest absolute Gasteiger partial charge is 0.328 e. The minimum atomic E-state index is -0.375. The van der Waals surface area contributed by atoms with Crippen molar-refractivity contribution in [1.29, 1.82) is 0 Å². The summed E-state index contributed by atoms with van der Waals surface area (Å²) in [6.07, 6.45) is 5.05. The van der Waals surface area contributed by atoms with Gasteiger partial charge in [-0.3, -0.25) is 0 Å². The van der Waals surface area contributed by atoms with Crippen LogP contribution in [0.3, 0.4) is 0 Å². The van der Waals surface area contributed by atoms with Gasteiger partial charge in [0.1, 0.15) is 11.8 Å². The summed E-state index contributed by atoms with van der Waals surface area (Å²) in [5, 5.41) is 3.95. The summed E-state index contributed by atoms with van der Waals surface area (Å²) in [5.41, 5.74) is 1.80. The number of ether oxygens (including phenoxy) is 2. The number of carbonyl (C=O) groups excluding carboxylic acids is 1. The monoisotopic (exact) mass is 293 g/mol. The molecule has 1 aliphatic carbocycles. The van der Waals surface area contributed by atoms with Crippen LogP contribution in [0, 0.1) is 5.92 Å². The number of fused-ring (bicyclic) bond motifs is 3. The van der Waals surface area contributed by atoms with Crippen LogP contribution < -0.4 is 10.1 Å². The Morgan fingerprint density at radius 3 is 2.90 bits per heavy atom. The van der Waals surface area contributed by atoms with Crippen molar-refractivity contribution in [1.82, 2.24) is 0 Å². The van der Waals surface area contributed by atoms with E-state index in [1.54, 1.807) is 7.11 Å². The number of halogens is 1. The van der Waals surface area contributed by atoms with Gasteiger partial charge < -0.3 is 14.8 Å². The molecule has 0 radical (unpaired) electrons. The van der Waals surface area contributed by atoms with Gasteiger partial charge in [0.2, 0.25) is 0 Å². The van der Waals surface area contributed by atoms with Crippen molar-refractivity contribution in [2.24, 2.45) is 5.92 Å². The molecule has 0 bridgehead atoms. The van der Waals surface area contributed by atoms with Crippen LogP contribution in [0.25, 0.3) is 0 Å². The lowest BCUT2D eigenvalue weighted by Gasteiger charge is -2.36. The Balaban J connectivity index is 2.13. The quantitative estimate of drug-likeness (QED) is 0.673. The van der Waals surface area contributed by atoms with Gasteiger partial charge >= 0.3 is 5.97 Å². The van der Waals surface area contributed by atoms with Gasteiger partial charge in [0, 0.05) is 22.4 Å². The maximum Gasteiger partial charge on any atom is 0.328 e. The third kappa shape index (κ3) is 1.86. The minimum absolute atomic E-state index is 0.123. The highest BCUT2D eigenvalue weighted by Crippen LogP contribution is 2.50. The summed E-state index contributed by atoms with van der Waals surface area (Å²) in [5.74, 6) is 0.700. The summed E-state index contributed by atoms with van der Waals surface area (Å²) in [4.78, 5) is 12.0. The number of nitrogens with one attached hydrogen (secondary N) is 1. The highest BCUT2D eigenvalue weighted by Gasteiger charge is 2.43. The van der Waals surface area contributed by atoms with Gasteiger partial charge in [-0.1, -0.05) is 23.8 Å². The van der Waals surface area contributed by atoms with Crippen LogP contribution in [0.1, 0.15) is 17.9 Å². The first kappa shape index (κ1) is 13.3. The molecule has 0 fully saturated rings. The van der Waals surface area contributed by atoms with E-state index in [4.69, 9.17) is 21.1 Å². The molecule has 0 saturated carbocycles. The predicted molar refractivity (Wildman–Crippen MR) is 77.4 cm³/mol. The van der Waals surface area contributed by atoms with E-state index in [9.17, 15) is 4.79 Å². The van der Waals surface area contributed by atoms with Gasteiger partial charge in [0.05, 0.1) is 19.9 Å². The second-order valence-corrected chi connectivity index (χ2v) is 5.44. The van der Waals surface area contributed by atoms with Crippen LogP contribution in [0.5, 0.6) is 5.75 Å². The molecule has 1 aromatic carbocycles. The zero-order chi connectivity index (χ0) is 14.3. The fraction of sp³-hybridized carbons (Fsp3) is 0.400. The van der Waals surface area contributed by atoms with E-state index >= 15 is 0 Å². The van der Waals surface area contributed by atoms with Crippen molar-refractivity contribution >= 4 is 23.3 Å². The van der Waals surface area contributed by atoms with E-state index in [0.717, 1.165) is 17.7 Å². The number of benzene rings is 1. The Morgan fingerprint density at radius 1 is 1.40 bits per heavy atom. The molecular weight excluding hydrogens is 278 g/mol. The summed E-state index contributed by atoms with van der Waals surface area (Å²) in [7, 11) is 3.01. The average Bonchev–Trinajstić information content (AvgIpc) is 2.95. The molecule has 0 amide bonds. The summed E-state index contributed by atoms with van der Waals surface area (Å²) in [6.45, 7) is 0. The molecule has 106 valence electrons. The lowest BCUT2D eigenvalue weighted by Crippen LogP contribution is -2.42. The molecule has 3 atom stereocenters. The molecule has 3 rings (SSSR count). The first-order chi connectivity index (χ1) is 9.67. The fourth-order valence-electron chi connectivity index (χ4n) is 3.17. The molecule has 4 nitrogen and oxygen atoms in total. The van der Waals surface area contributed by atoms with E-state index in [0.29, 0.717) is 10.8 Å². The van der Waals surface area contributed by atoms with Gasteiger partial charge in [-0.2, -0.15) is 0 Å². The largest absolute Gasteiger partial charge is 0.495 e. The second kappa shape index (κ2) is 5.02. The lowest BCUT2D eigenvalue weighted by molar-refractivity contribution is -0.142. The molecule has 0 unspecified atom stereocenters. The van der Waals surface area contributed by atoms with Crippen molar-refractivity contribution in [2.75, 3.05) is 19.5 Å². The molecule has 5 heteroatoms. The molecule has 1 heterocycles. The van der Waals surface area contributed by atoms with Crippen LogP contribution >= 0.6 is 11.6 Å². The number of anilines is 1. The minimum Gasteiger partial charge on any atom is -0.495 e. The molecule has 20 heavy (non-hydrogen) atoms. The second-order valence-electron chi connectivity index (χ2n) is 5.04. The number of carbonyl (C=O) groups is 1. The van der Waals surface area contributed by atoms with Gasteiger partial charge in [0.15, 0.2) is 0 Å². The molecule has 1 aromatic rings. The average molecular weight is 294 g/mol. The van der Waals surface area contributed by atoms with E-state index in [2.05, 4.69) is 17.5 Å². The lowest BCUT2D eigenvalue weighted by atomic mass is 9.79. The zero-order valence-corrected chi connectivity index (χ0v) is 12.1. The van der Waals surface area contributed by atoms with Crippen molar-refractivity contribution < 1.29 is 14.3 Å². The van der Waals surface area contributed by atoms with Crippen LogP contribution in [0.2, 0.25) is 5.02 Å². The third-order valence-electron chi connectivity index (χ3n) is 4.10. The number of hydrogen-bond acceptors (Lipinski definition) is 4. The Hall–Kier alpha value is -1.68. The maximum atomic E-state index is 12.0. The number of methoxy groups -OCH3 is 2. The van der Waals surface area contributed by atoms with Crippen LogP contribution in [-0.4, -0.2) is 26.2 Å². The maximum absolute atomic E-state index is 12.0. The summed E-state index contributed by atoms with van der Waals surface area (Å²) >= 11 is 6.35. The fourth-order valence-corrected chi connectivity index (χ4v) is 3.45. The van der Waals surface area contributed by atoms with Gasteiger partial charge in [0.25, 0.3) is 0 Å². The van der Waals surface area contributed by atoms with Gasteiger partial charge in [-0.05, 0) is 18.6 Å². The van der Waals surface area contributed by atoms with Crippen LogP contribution in [0.15, 0.2) is 24.3 Å². The Morgan fingerprint density at radius 2 is 2.20 bits per heavy atom.